The van der Waals surface area contributed by atoms with Gasteiger partial charge in [-0.05, 0) is 53.6 Å². The lowest BCUT2D eigenvalue weighted by molar-refractivity contribution is -0.137. The van der Waals surface area contributed by atoms with Gasteiger partial charge < -0.3 is 9.84 Å². The minimum Gasteiger partial charge on any atom is -0.495 e. The summed E-state index contributed by atoms with van der Waals surface area (Å²) >= 11 is 1.01. The predicted molar refractivity (Wildman–Crippen MR) is 110 cm³/mol. The Kier molecular flexibility index (Phi) is 6.29. The highest BCUT2D eigenvalue weighted by atomic mass is 32.2. The highest BCUT2D eigenvalue weighted by Crippen LogP contribution is 2.38. The third kappa shape index (κ3) is 4.76. The lowest BCUT2D eigenvalue weighted by atomic mass is 10.0. The number of aromatic carboxylic acids is 1. The van der Waals surface area contributed by atoms with Gasteiger partial charge in [-0.25, -0.2) is 13.2 Å². The Bertz CT molecular complexity index is 1340. The first-order valence-corrected chi connectivity index (χ1v) is 11.3. The number of sulfone groups is 1. The molecule has 0 aliphatic rings. The fraction of sp³-hybridized carbons (Fsp3) is 0.143. The Hall–Kier alpha value is -3.36. The summed E-state index contributed by atoms with van der Waals surface area (Å²) in [5, 5.41) is 18.2. The molecule has 0 saturated carbocycles. The minimum absolute atomic E-state index is 0.133. The van der Waals surface area contributed by atoms with Crippen molar-refractivity contribution in [2.75, 3.05) is 7.11 Å². The SMILES string of the molecule is COc1ccc(C(=O)O)cc1S(=O)(=O)Cc1cc(C(F)(F)F)ccc1-c1ccc(C#N)s1. The smallest absolute Gasteiger partial charge is 0.416 e. The fourth-order valence-corrected chi connectivity index (χ4v) is 5.44. The maximum atomic E-state index is 13.3. The van der Waals surface area contributed by atoms with Crippen LogP contribution < -0.4 is 4.74 Å². The number of alkyl halides is 3. The summed E-state index contributed by atoms with van der Waals surface area (Å²) in [7, 11) is -3.13. The van der Waals surface area contributed by atoms with E-state index in [1.807, 2.05) is 6.07 Å². The summed E-state index contributed by atoms with van der Waals surface area (Å²) in [6.07, 6.45) is -4.70. The third-order valence-electron chi connectivity index (χ3n) is 4.51. The number of ether oxygens (including phenoxy) is 1. The van der Waals surface area contributed by atoms with Crippen molar-refractivity contribution in [3.8, 4) is 22.3 Å². The molecular weight excluding hydrogens is 467 g/mol. The standard InChI is InChI=1S/C21H14F3NO5S2/c1-30-17-6-2-12(20(26)27)9-19(17)32(28,29)11-13-8-14(21(22,23)24)3-5-16(13)18-7-4-15(10-25)31-18/h2-9H,11H2,1H3,(H,26,27). The molecule has 11 heteroatoms. The molecule has 0 amide bonds. The fourth-order valence-electron chi connectivity index (χ4n) is 3.01. The molecule has 0 saturated heterocycles. The number of halogens is 3. The maximum Gasteiger partial charge on any atom is 0.416 e. The van der Waals surface area contributed by atoms with E-state index < -0.39 is 38.2 Å². The van der Waals surface area contributed by atoms with Gasteiger partial charge in [-0.1, -0.05) is 6.07 Å². The molecular formula is C21H14F3NO5S2. The summed E-state index contributed by atoms with van der Waals surface area (Å²) in [5.74, 6) is -2.34. The van der Waals surface area contributed by atoms with Crippen LogP contribution in [-0.2, 0) is 21.8 Å². The van der Waals surface area contributed by atoms with Crippen LogP contribution in [0.4, 0.5) is 13.2 Å². The Labute approximate surface area is 185 Å². The second-order valence-electron chi connectivity index (χ2n) is 6.58. The second kappa shape index (κ2) is 8.64. The average Bonchev–Trinajstić information content (AvgIpc) is 3.21. The molecule has 0 fully saturated rings. The van der Waals surface area contributed by atoms with Crippen molar-refractivity contribution in [3.63, 3.8) is 0 Å². The van der Waals surface area contributed by atoms with Gasteiger partial charge in [-0.2, -0.15) is 18.4 Å². The number of rotatable bonds is 6. The number of hydrogen-bond acceptors (Lipinski definition) is 6. The van der Waals surface area contributed by atoms with Crippen LogP contribution in [-0.4, -0.2) is 26.6 Å². The van der Waals surface area contributed by atoms with Gasteiger partial charge in [0.1, 0.15) is 21.6 Å². The molecule has 1 N–H and O–H groups in total. The van der Waals surface area contributed by atoms with Crippen LogP contribution in [0.5, 0.6) is 5.75 Å². The largest absolute Gasteiger partial charge is 0.495 e. The molecule has 0 bridgehead atoms. The number of carbonyl (C=O) groups is 1. The zero-order valence-electron chi connectivity index (χ0n) is 16.3. The van der Waals surface area contributed by atoms with Crippen molar-refractivity contribution >= 4 is 27.1 Å². The number of methoxy groups -OCH3 is 1. The lowest BCUT2D eigenvalue weighted by Gasteiger charge is -2.15. The number of nitriles is 1. The molecule has 0 radical (unpaired) electrons. The van der Waals surface area contributed by atoms with E-state index in [4.69, 9.17) is 10.00 Å². The minimum atomic E-state index is -4.70. The van der Waals surface area contributed by atoms with Gasteiger partial charge in [-0.3, -0.25) is 0 Å². The number of carboxylic acid groups (broad SMARTS) is 1. The molecule has 0 aliphatic carbocycles. The van der Waals surface area contributed by atoms with Crippen molar-refractivity contribution in [3.05, 3.63) is 70.1 Å². The van der Waals surface area contributed by atoms with Crippen LogP contribution in [0.3, 0.4) is 0 Å². The van der Waals surface area contributed by atoms with Crippen LogP contribution in [0.25, 0.3) is 10.4 Å². The first-order chi connectivity index (χ1) is 15.0. The average molecular weight is 481 g/mol. The molecule has 6 nitrogen and oxygen atoms in total. The zero-order chi connectivity index (χ0) is 23.7. The van der Waals surface area contributed by atoms with Crippen molar-refractivity contribution in [1.29, 1.82) is 5.26 Å². The van der Waals surface area contributed by atoms with E-state index in [-0.39, 0.29) is 22.4 Å². The van der Waals surface area contributed by atoms with Gasteiger partial charge in [-0.15, -0.1) is 11.3 Å². The monoisotopic (exact) mass is 481 g/mol. The van der Waals surface area contributed by atoms with Gasteiger partial charge in [0, 0.05) is 4.88 Å². The molecule has 0 spiro atoms. The Morgan fingerprint density at radius 1 is 1.16 bits per heavy atom. The number of benzene rings is 2. The first-order valence-electron chi connectivity index (χ1n) is 8.81. The summed E-state index contributed by atoms with van der Waals surface area (Å²) in [6.45, 7) is 0. The summed E-state index contributed by atoms with van der Waals surface area (Å²) < 4.78 is 71.3. The number of thiophene rings is 1. The van der Waals surface area contributed by atoms with Crippen LogP contribution in [0.2, 0.25) is 0 Å². The van der Waals surface area contributed by atoms with Gasteiger partial charge in [0.15, 0.2) is 9.84 Å². The first kappa shape index (κ1) is 23.3. The van der Waals surface area contributed by atoms with Crippen molar-refractivity contribution < 1.29 is 36.2 Å². The molecule has 1 aromatic heterocycles. The van der Waals surface area contributed by atoms with Crippen LogP contribution in [0.1, 0.15) is 26.4 Å². The molecule has 1 heterocycles. The summed E-state index contributed by atoms with van der Waals surface area (Å²) in [6, 6.07) is 10.9. The van der Waals surface area contributed by atoms with E-state index in [0.29, 0.717) is 9.75 Å². The summed E-state index contributed by atoms with van der Waals surface area (Å²) in [5.41, 5.74) is -1.27. The van der Waals surface area contributed by atoms with E-state index in [2.05, 4.69) is 0 Å². The van der Waals surface area contributed by atoms with E-state index in [9.17, 15) is 31.5 Å². The zero-order valence-corrected chi connectivity index (χ0v) is 17.9. The number of hydrogen-bond donors (Lipinski definition) is 1. The van der Waals surface area contributed by atoms with Crippen LogP contribution in [0, 0.1) is 11.3 Å². The number of nitrogens with zero attached hydrogens (tertiary/aromatic N) is 1. The van der Waals surface area contributed by atoms with E-state index in [1.54, 1.807) is 0 Å². The number of carboxylic acids is 1. The molecule has 2 aromatic carbocycles. The highest BCUT2D eigenvalue weighted by molar-refractivity contribution is 7.90. The quantitative estimate of drug-likeness (QED) is 0.532. The van der Waals surface area contributed by atoms with Crippen molar-refractivity contribution in [2.45, 2.75) is 16.8 Å². The molecule has 3 rings (SSSR count). The van der Waals surface area contributed by atoms with Crippen LogP contribution >= 0.6 is 11.3 Å². The molecule has 0 aliphatic heterocycles. The topological polar surface area (TPSA) is 104 Å². The molecule has 166 valence electrons. The summed E-state index contributed by atoms with van der Waals surface area (Å²) in [4.78, 5) is 11.6. The van der Waals surface area contributed by atoms with Gasteiger partial charge >= 0.3 is 12.1 Å². The van der Waals surface area contributed by atoms with E-state index in [1.165, 1.54) is 25.3 Å². The molecule has 0 unspecified atom stereocenters. The molecule has 3 aromatic rings. The van der Waals surface area contributed by atoms with E-state index in [0.717, 1.165) is 41.7 Å². The van der Waals surface area contributed by atoms with Gasteiger partial charge in [0.25, 0.3) is 0 Å². The Morgan fingerprint density at radius 2 is 1.88 bits per heavy atom. The Morgan fingerprint density at radius 3 is 2.44 bits per heavy atom. The maximum absolute atomic E-state index is 13.3. The van der Waals surface area contributed by atoms with E-state index >= 15 is 0 Å². The highest BCUT2D eigenvalue weighted by Gasteiger charge is 2.32. The molecule has 32 heavy (non-hydrogen) atoms. The van der Waals surface area contributed by atoms with Crippen molar-refractivity contribution in [2.24, 2.45) is 0 Å². The lowest BCUT2D eigenvalue weighted by Crippen LogP contribution is -2.11. The normalized spacial score (nSPS) is 11.7. The molecule has 0 atom stereocenters. The van der Waals surface area contributed by atoms with Crippen molar-refractivity contribution in [1.82, 2.24) is 0 Å². The Balaban J connectivity index is 2.17. The second-order valence-corrected chi connectivity index (χ2v) is 9.62. The van der Waals surface area contributed by atoms with Gasteiger partial charge in [0.2, 0.25) is 0 Å². The van der Waals surface area contributed by atoms with Crippen LogP contribution in [0.15, 0.2) is 53.4 Å². The predicted octanol–water partition coefficient (Wildman–Crippen LogP) is 4.99. The third-order valence-corrected chi connectivity index (χ3v) is 7.21. The van der Waals surface area contributed by atoms with Gasteiger partial charge in [0.05, 0.1) is 24.0 Å².